The number of rotatable bonds is 10. The van der Waals surface area contributed by atoms with Crippen LogP contribution in [0.3, 0.4) is 0 Å². The molecule has 0 spiro atoms. The summed E-state index contributed by atoms with van der Waals surface area (Å²) < 4.78 is 42.0. The number of nitrogens with one attached hydrogen (secondary N) is 3. The van der Waals surface area contributed by atoms with Crippen LogP contribution in [-0.2, 0) is 19.6 Å². The maximum absolute atomic E-state index is 13.2. The van der Waals surface area contributed by atoms with E-state index >= 15 is 0 Å². The summed E-state index contributed by atoms with van der Waals surface area (Å²) in [5, 5.41) is 15.3. The molecule has 0 aliphatic heterocycles. The minimum Gasteiger partial charge on any atom is -0.481 e. The number of sulfonamides is 1. The van der Waals surface area contributed by atoms with Crippen molar-refractivity contribution in [2.45, 2.75) is 56.0 Å². The highest BCUT2D eigenvalue weighted by atomic mass is 32.2. The van der Waals surface area contributed by atoms with Crippen LogP contribution in [-0.4, -0.2) is 43.0 Å². The molecule has 0 saturated heterocycles. The number of nitrogens with zero attached hydrogens (tertiary/aromatic N) is 1. The van der Waals surface area contributed by atoms with Gasteiger partial charge in [0.2, 0.25) is 15.9 Å². The van der Waals surface area contributed by atoms with Gasteiger partial charge >= 0.3 is 5.97 Å². The summed E-state index contributed by atoms with van der Waals surface area (Å²) >= 11 is 0. The number of anilines is 1. The van der Waals surface area contributed by atoms with Gasteiger partial charge in [-0.25, -0.2) is 22.5 Å². The molecule has 202 valence electrons. The first-order valence-electron chi connectivity index (χ1n) is 12.6. The Balaban J connectivity index is 1.31. The molecule has 4 N–H and O–H groups in total. The topological polar surface area (TPSA) is 137 Å². The number of fused-ring (bicyclic) bond motifs is 1. The average molecular weight is 543 g/mol. The molecule has 1 heterocycles. The zero-order valence-corrected chi connectivity index (χ0v) is 21.8. The van der Waals surface area contributed by atoms with Gasteiger partial charge in [0.1, 0.15) is 11.6 Å². The summed E-state index contributed by atoms with van der Waals surface area (Å²) in [5.41, 5.74) is 1.41. The Morgan fingerprint density at radius 1 is 1.05 bits per heavy atom. The third-order valence-electron chi connectivity index (χ3n) is 6.76. The van der Waals surface area contributed by atoms with Gasteiger partial charge in [-0.2, -0.15) is 0 Å². The van der Waals surface area contributed by atoms with Crippen LogP contribution in [0, 0.1) is 11.7 Å². The maximum atomic E-state index is 13.2. The Labute approximate surface area is 220 Å². The number of carboxylic acids is 1. The first kappa shape index (κ1) is 27.5. The van der Waals surface area contributed by atoms with E-state index in [4.69, 9.17) is 5.11 Å². The van der Waals surface area contributed by atoms with Crippen LogP contribution in [0.25, 0.3) is 10.9 Å². The van der Waals surface area contributed by atoms with Crippen LogP contribution >= 0.6 is 0 Å². The summed E-state index contributed by atoms with van der Waals surface area (Å²) in [5.74, 6) is -1.01. The second-order valence-corrected chi connectivity index (χ2v) is 11.3. The van der Waals surface area contributed by atoms with Crippen LogP contribution in [0.5, 0.6) is 0 Å². The molecule has 38 heavy (non-hydrogen) atoms. The molecule has 0 bridgehead atoms. The lowest BCUT2D eigenvalue weighted by molar-refractivity contribution is -0.136. The van der Waals surface area contributed by atoms with Gasteiger partial charge < -0.3 is 15.7 Å². The monoisotopic (exact) mass is 542 g/mol. The maximum Gasteiger partial charge on any atom is 0.305 e. The van der Waals surface area contributed by atoms with Crippen molar-refractivity contribution in [3.05, 3.63) is 66.0 Å². The van der Waals surface area contributed by atoms with Gasteiger partial charge in [0.15, 0.2) is 0 Å². The third-order valence-corrected chi connectivity index (χ3v) is 8.28. The molecule has 9 nitrogen and oxygen atoms in total. The molecule has 1 fully saturated rings. The van der Waals surface area contributed by atoms with Gasteiger partial charge in [0.25, 0.3) is 0 Å². The second-order valence-electron chi connectivity index (χ2n) is 9.57. The fourth-order valence-electron chi connectivity index (χ4n) is 4.59. The van der Waals surface area contributed by atoms with E-state index in [1.807, 2.05) is 6.92 Å². The zero-order valence-electron chi connectivity index (χ0n) is 21.0. The van der Waals surface area contributed by atoms with E-state index in [9.17, 15) is 22.4 Å². The number of hydrogen-bond donors (Lipinski definition) is 4. The minimum absolute atomic E-state index is 0.0374. The Morgan fingerprint density at radius 2 is 1.76 bits per heavy atom. The van der Waals surface area contributed by atoms with Crippen molar-refractivity contribution in [1.82, 2.24) is 15.0 Å². The fraction of sp³-hybridized carbons (Fsp3) is 0.370. The average Bonchev–Trinajstić information content (AvgIpc) is 2.88. The molecule has 1 saturated carbocycles. The first-order valence-corrected chi connectivity index (χ1v) is 14.0. The highest BCUT2D eigenvalue weighted by molar-refractivity contribution is 7.89. The molecule has 0 radical (unpaired) electrons. The fourth-order valence-corrected chi connectivity index (χ4v) is 5.93. The predicted octanol–water partition coefficient (Wildman–Crippen LogP) is 3.98. The molecule has 3 aromatic rings. The standard InChI is InChI=1S/C27H31FN4O5S/c1-17(18-2-7-21(28)8-3-18)30-27(35)19-4-9-22(10-5-19)32-38(36,37)23-11-12-24-20(16-23)6-13-25(31-24)29-15-14-26(33)34/h2-3,6-8,11-13,16-17,19,22,32H,4-5,9-10,14-15H2,1H3,(H,29,31)(H,30,35)(H,33,34)/t17-,19?,22?/m1/s1. The first-order chi connectivity index (χ1) is 18.1. The number of hydrogen-bond acceptors (Lipinski definition) is 6. The highest BCUT2D eigenvalue weighted by Gasteiger charge is 2.30. The van der Waals surface area contributed by atoms with Gasteiger partial charge in [0.05, 0.1) is 22.9 Å². The van der Waals surface area contributed by atoms with Crippen molar-refractivity contribution >= 4 is 38.6 Å². The quantitative estimate of drug-likeness (QED) is 0.304. The summed E-state index contributed by atoms with van der Waals surface area (Å²) in [6.07, 6.45) is 2.18. The number of carboxylic acid groups (broad SMARTS) is 1. The van der Waals surface area contributed by atoms with Gasteiger partial charge in [-0.1, -0.05) is 12.1 Å². The van der Waals surface area contributed by atoms with Crippen molar-refractivity contribution in [2.24, 2.45) is 5.92 Å². The smallest absolute Gasteiger partial charge is 0.305 e. The Hall–Kier alpha value is -3.57. The number of halogens is 1. The highest BCUT2D eigenvalue weighted by Crippen LogP contribution is 2.27. The number of benzene rings is 2. The predicted molar refractivity (Wildman–Crippen MR) is 142 cm³/mol. The number of aromatic nitrogens is 1. The molecule has 11 heteroatoms. The van der Waals surface area contributed by atoms with Gasteiger partial charge in [0, 0.05) is 23.9 Å². The van der Waals surface area contributed by atoms with E-state index in [2.05, 4.69) is 20.3 Å². The van der Waals surface area contributed by atoms with Crippen molar-refractivity contribution < 1.29 is 27.5 Å². The van der Waals surface area contributed by atoms with Gasteiger partial charge in [-0.3, -0.25) is 9.59 Å². The van der Waals surface area contributed by atoms with E-state index in [1.165, 1.54) is 18.2 Å². The summed E-state index contributed by atoms with van der Waals surface area (Å²) in [4.78, 5) is 27.9. The number of carbonyl (C=O) groups excluding carboxylic acids is 1. The van der Waals surface area contributed by atoms with E-state index in [0.717, 1.165) is 5.56 Å². The lowest BCUT2D eigenvalue weighted by Crippen LogP contribution is -2.41. The Morgan fingerprint density at radius 3 is 2.45 bits per heavy atom. The number of amides is 1. The number of aliphatic carboxylic acids is 1. The van der Waals surface area contributed by atoms with Crippen LogP contribution in [0.2, 0.25) is 0 Å². The Kier molecular flexibility index (Phi) is 8.58. The number of pyridine rings is 1. The van der Waals surface area contributed by atoms with E-state index in [0.29, 0.717) is 42.4 Å². The third kappa shape index (κ3) is 7.05. The van der Waals surface area contributed by atoms with Crippen molar-refractivity contribution in [2.75, 3.05) is 11.9 Å². The second kappa shape index (κ2) is 11.9. The van der Waals surface area contributed by atoms with Crippen LogP contribution in [0.4, 0.5) is 10.2 Å². The normalized spacial score (nSPS) is 18.6. The molecule has 4 rings (SSSR count). The molecule has 2 aromatic carbocycles. The minimum atomic E-state index is -3.77. The van der Waals surface area contributed by atoms with E-state index in [1.54, 1.807) is 36.4 Å². The Bertz CT molecular complexity index is 1410. The molecule has 1 aliphatic carbocycles. The summed E-state index contributed by atoms with van der Waals surface area (Å²) in [6, 6.07) is 13.6. The SMILES string of the molecule is C[C@@H](NC(=O)C1CCC(NS(=O)(=O)c2ccc3nc(NCCC(=O)O)ccc3c2)CC1)c1ccc(F)cc1. The lowest BCUT2D eigenvalue weighted by Gasteiger charge is -2.29. The van der Waals surface area contributed by atoms with Crippen molar-refractivity contribution in [1.29, 1.82) is 0 Å². The van der Waals surface area contributed by atoms with E-state index < -0.39 is 16.0 Å². The molecule has 1 aliphatic rings. The summed E-state index contributed by atoms with van der Waals surface area (Å²) in [7, 11) is -3.77. The van der Waals surface area contributed by atoms with E-state index in [-0.39, 0.29) is 47.6 Å². The van der Waals surface area contributed by atoms with Crippen molar-refractivity contribution in [3.8, 4) is 0 Å². The van der Waals surface area contributed by atoms with Crippen LogP contribution < -0.4 is 15.4 Å². The molecular weight excluding hydrogens is 511 g/mol. The molecule has 1 atom stereocenters. The largest absolute Gasteiger partial charge is 0.481 e. The molecular formula is C27H31FN4O5S. The van der Waals surface area contributed by atoms with Gasteiger partial charge in [-0.05, 0) is 80.6 Å². The van der Waals surface area contributed by atoms with Crippen LogP contribution in [0.1, 0.15) is 50.6 Å². The zero-order chi connectivity index (χ0) is 27.3. The number of carbonyl (C=O) groups is 2. The summed E-state index contributed by atoms with van der Waals surface area (Å²) in [6.45, 7) is 2.09. The van der Waals surface area contributed by atoms with Gasteiger partial charge in [-0.15, -0.1) is 0 Å². The lowest BCUT2D eigenvalue weighted by atomic mass is 9.85. The molecule has 1 amide bonds. The van der Waals surface area contributed by atoms with Crippen LogP contribution in [0.15, 0.2) is 59.5 Å². The molecule has 1 aromatic heterocycles. The molecule has 0 unspecified atom stereocenters. The van der Waals surface area contributed by atoms with Crippen molar-refractivity contribution in [3.63, 3.8) is 0 Å².